The van der Waals surface area contributed by atoms with Gasteiger partial charge in [-0.15, -0.1) is 0 Å². The Morgan fingerprint density at radius 2 is 0.778 bits per heavy atom. The van der Waals surface area contributed by atoms with E-state index < -0.39 is 0 Å². The fourth-order valence-electron chi connectivity index (χ4n) is 3.12. The van der Waals surface area contributed by atoms with Crippen LogP contribution in [0.1, 0.15) is 121 Å². The SMILES string of the molecule is C1=C\CC/C=C\CC/1.CC[C@H](C)c1cc([C@@H](C)CC)cc([C@@H](C)CC)c1.[Ru]. The summed E-state index contributed by atoms with van der Waals surface area (Å²) in [5.41, 5.74) is 4.60. The summed E-state index contributed by atoms with van der Waals surface area (Å²) in [5.74, 6) is 2.03. The van der Waals surface area contributed by atoms with Gasteiger partial charge < -0.3 is 0 Å². The fraction of sp³-hybridized carbons (Fsp3) is 0.615. The maximum Gasteiger partial charge on any atom is 0 e. The molecule has 0 heterocycles. The number of rotatable bonds is 6. The fourth-order valence-corrected chi connectivity index (χ4v) is 3.12. The van der Waals surface area contributed by atoms with Crippen LogP contribution in [0, 0.1) is 0 Å². The molecule has 0 amide bonds. The summed E-state index contributed by atoms with van der Waals surface area (Å²) in [4.78, 5) is 0. The van der Waals surface area contributed by atoms with E-state index in [2.05, 4.69) is 84.0 Å². The molecule has 1 aromatic carbocycles. The van der Waals surface area contributed by atoms with Crippen molar-refractivity contribution in [2.24, 2.45) is 0 Å². The molecule has 0 aromatic heterocycles. The molecule has 27 heavy (non-hydrogen) atoms. The van der Waals surface area contributed by atoms with Crippen LogP contribution in [0.5, 0.6) is 0 Å². The van der Waals surface area contributed by atoms with E-state index in [-0.39, 0.29) is 19.5 Å². The minimum Gasteiger partial charge on any atom is -0.0882 e. The number of allylic oxidation sites excluding steroid dienone is 4. The minimum absolute atomic E-state index is 0. The summed E-state index contributed by atoms with van der Waals surface area (Å²) >= 11 is 0. The Hall–Kier alpha value is -0.677. The van der Waals surface area contributed by atoms with Gasteiger partial charge in [-0.1, -0.05) is 84.0 Å². The normalized spacial score (nSPS) is 19.2. The first kappa shape index (κ1) is 26.3. The summed E-state index contributed by atoms with van der Waals surface area (Å²) in [6.07, 6.45) is 17.7. The third kappa shape index (κ3) is 9.89. The molecule has 0 unspecified atom stereocenters. The Morgan fingerprint density at radius 3 is 0.963 bits per heavy atom. The van der Waals surface area contributed by atoms with E-state index in [1.807, 2.05) is 0 Å². The predicted molar refractivity (Wildman–Crippen MR) is 119 cm³/mol. The molecular weight excluding hydrogens is 413 g/mol. The van der Waals surface area contributed by atoms with Crippen LogP contribution in [0.4, 0.5) is 0 Å². The third-order valence-electron chi connectivity index (χ3n) is 5.88. The van der Waals surface area contributed by atoms with Crippen molar-refractivity contribution in [3.05, 3.63) is 59.2 Å². The smallest absolute Gasteiger partial charge is 0 e. The molecule has 1 aliphatic rings. The summed E-state index contributed by atoms with van der Waals surface area (Å²) in [6, 6.07) is 7.32. The first-order valence-corrected chi connectivity index (χ1v) is 11.0. The molecule has 0 radical (unpaired) electrons. The zero-order valence-corrected chi connectivity index (χ0v) is 20.3. The monoisotopic (exact) mass is 456 g/mol. The molecular formula is C26H42Ru. The van der Waals surface area contributed by atoms with E-state index >= 15 is 0 Å². The van der Waals surface area contributed by atoms with Crippen LogP contribution in [0.15, 0.2) is 42.5 Å². The van der Waals surface area contributed by atoms with Gasteiger partial charge >= 0.3 is 0 Å². The Labute approximate surface area is 182 Å². The van der Waals surface area contributed by atoms with Gasteiger partial charge in [-0.25, -0.2) is 0 Å². The van der Waals surface area contributed by atoms with Gasteiger partial charge in [0.1, 0.15) is 0 Å². The van der Waals surface area contributed by atoms with Crippen molar-refractivity contribution in [2.75, 3.05) is 0 Å². The van der Waals surface area contributed by atoms with Crippen molar-refractivity contribution < 1.29 is 19.5 Å². The van der Waals surface area contributed by atoms with E-state index in [0.29, 0.717) is 17.8 Å². The molecule has 0 fully saturated rings. The molecule has 1 aliphatic carbocycles. The first-order valence-electron chi connectivity index (χ1n) is 11.0. The van der Waals surface area contributed by atoms with Gasteiger partial charge in [-0.05, 0) is 79.4 Å². The Kier molecular flexibility index (Phi) is 14.9. The molecule has 1 aromatic rings. The van der Waals surface area contributed by atoms with Crippen molar-refractivity contribution in [3.63, 3.8) is 0 Å². The van der Waals surface area contributed by atoms with E-state index in [0.717, 1.165) is 0 Å². The Balaban J connectivity index is 0.000000629. The van der Waals surface area contributed by atoms with Gasteiger partial charge in [0, 0.05) is 19.5 Å². The van der Waals surface area contributed by atoms with Crippen LogP contribution in [0.25, 0.3) is 0 Å². The minimum atomic E-state index is 0. The van der Waals surface area contributed by atoms with Crippen LogP contribution in [-0.4, -0.2) is 0 Å². The summed E-state index contributed by atoms with van der Waals surface area (Å²) in [6.45, 7) is 13.9. The van der Waals surface area contributed by atoms with Crippen LogP contribution in [-0.2, 0) is 19.5 Å². The van der Waals surface area contributed by atoms with Gasteiger partial charge in [0.05, 0.1) is 0 Å². The zero-order chi connectivity index (χ0) is 19.4. The molecule has 154 valence electrons. The Morgan fingerprint density at radius 1 is 0.556 bits per heavy atom. The molecule has 0 saturated carbocycles. The average Bonchev–Trinajstić information content (AvgIpc) is 2.65. The zero-order valence-electron chi connectivity index (χ0n) is 18.6. The maximum atomic E-state index is 2.44. The molecule has 0 spiro atoms. The second-order valence-electron chi connectivity index (χ2n) is 7.96. The quantitative estimate of drug-likeness (QED) is 0.297. The molecule has 3 atom stereocenters. The van der Waals surface area contributed by atoms with E-state index in [9.17, 15) is 0 Å². The summed E-state index contributed by atoms with van der Waals surface area (Å²) in [7, 11) is 0. The summed E-state index contributed by atoms with van der Waals surface area (Å²) < 4.78 is 0. The molecule has 0 nitrogen and oxygen atoms in total. The van der Waals surface area contributed by atoms with Crippen LogP contribution in [0.2, 0.25) is 0 Å². The maximum absolute atomic E-state index is 2.44. The number of benzene rings is 1. The average molecular weight is 456 g/mol. The van der Waals surface area contributed by atoms with Crippen LogP contribution < -0.4 is 0 Å². The van der Waals surface area contributed by atoms with Crippen LogP contribution >= 0.6 is 0 Å². The van der Waals surface area contributed by atoms with Crippen molar-refractivity contribution in [1.82, 2.24) is 0 Å². The van der Waals surface area contributed by atoms with Gasteiger partial charge in [0.25, 0.3) is 0 Å². The first-order chi connectivity index (χ1) is 12.5. The topological polar surface area (TPSA) is 0 Å². The standard InChI is InChI=1S/C18H30.C8H12.Ru/c1-7-13(4)16-10-17(14(5)8-2)12-18(11-16)15(6)9-3;1-2-4-6-8-7-5-3-1;/h10-15H,7-9H2,1-6H3;1-2,7-8H,3-6H2;/b;2-1-,8-7-;/t13-,14-,15-;;/m0../s1. The Bertz CT molecular complexity index is 460. The van der Waals surface area contributed by atoms with Crippen molar-refractivity contribution in [3.8, 4) is 0 Å². The van der Waals surface area contributed by atoms with Gasteiger partial charge in [-0.3, -0.25) is 0 Å². The van der Waals surface area contributed by atoms with Gasteiger partial charge in [-0.2, -0.15) is 0 Å². The number of hydrogen-bond donors (Lipinski definition) is 0. The summed E-state index contributed by atoms with van der Waals surface area (Å²) in [5, 5.41) is 0. The molecule has 0 N–H and O–H groups in total. The predicted octanol–water partition coefficient (Wildman–Crippen LogP) is 8.90. The van der Waals surface area contributed by atoms with E-state index in [1.54, 1.807) is 0 Å². The van der Waals surface area contributed by atoms with Crippen molar-refractivity contribution >= 4 is 0 Å². The molecule has 1 heteroatoms. The van der Waals surface area contributed by atoms with E-state index in [1.165, 1.54) is 61.6 Å². The van der Waals surface area contributed by atoms with Crippen molar-refractivity contribution in [1.29, 1.82) is 0 Å². The molecule has 2 rings (SSSR count). The number of hydrogen-bond acceptors (Lipinski definition) is 0. The largest absolute Gasteiger partial charge is 0.0882 e. The van der Waals surface area contributed by atoms with Gasteiger partial charge in [0.15, 0.2) is 0 Å². The van der Waals surface area contributed by atoms with Crippen LogP contribution in [0.3, 0.4) is 0 Å². The molecule has 0 bridgehead atoms. The second kappa shape index (κ2) is 15.3. The van der Waals surface area contributed by atoms with Gasteiger partial charge in [0.2, 0.25) is 0 Å². The molecule has 0 saturated heterocycles. The molecule has 0 aliphatic heterocycles. The van der Waals surface area contributed by atoms with Crippen molar-refractivity contribution in [2.45, 2.75) is 104 Å². The van der Waals surface area contributed by atoms with E-state index in [4.69, 9.17) is 0 Å². The second-order valence-corrected chi connectivity index (χ2v) is 7.96. The third-order valence-corrected chi connectivity index (χ3v) is 5.88.